The zero-order valence-electron chi connectivity index (χ0n) is 10.1. The van der Waals surface area contributed by atoms with Crippen LogP contribution in [0.1, 0.15) is 45.4 Å². The van der Waals surface area contributed by atoms with Gasteiger partial charge >= 0.3 is 0 Å². The summed E-state index contributed by atoms with van der Waals surface area (Å²) in [7, 11) is -3.13. The van der Waals surface area contributed by atoms with Gasteiger partial charge in [-0.25, -0.2) is 13.1 Å². The van der Waals surface area contributed by atoms with Crippen molar-refractivity contribution in [3.63, 3.8) is 0 Å². The van der Waals surface area contributed by atoms with Crippen molar-refractivity contribution < 1.29 is 8.42 Å². The van der Waals surface area contributed by atoms with Crippen molar-refractivity contribution in [1.82, 2.24) is 4.72 Å². The standard InChI is InChI=1S/C11H24N2O2S/c1-2-11(8-12)13-16(14,15)9-10-6-4-3-5-7-10/h10-11,13H,2-9,12H2,1H3. The van der Waals surface area contributed by atoms with Crippen LogP contribution in [-0.2, 0) is 10.0 Å². The number of sulfonamides is 1. The fourth-order valence-corrected chi connectivity index (χ4v) is 4.09. The Bertz CT molecular complexity index is 280. The molecule has 1 saturated carbocycles. The molecule has 0 amide bonds. The first-order valence-corrected chi connectivity index (χ1v) is 7.92. The zero-order chi connectivity index (χ0) is 12.0. The quantitative estimate of drug-likeness (QED) is 0.742. The highest BCUT2D eigenvalue weighted by atomic mass is 32.2. The van der Waals surface area contributed by atoms with Gasteiger partial charge in [0.2, 0.25) is 10.0 Å². The summed E-state index contributed by atoms with van der Waals surface area (Å²) >= 11 is 0. The van der Waals surface area contributed by atoms with Crippen molar-refractivity contribution in [2.24, 2.45) is 11.7 Å². The minimum Gasteiger partial charge on any atom is -0.329 e. The fourth-order valence-electron chi connectivity index (χ4n) is 2.26. The molecule has 3 N–H and O–H groups in total. The average Bonchev–Trinajstić information content (AvgIpc) is 2.26. The summed E-state index contributed by atoms with van der Waals surface area (Å²) in [6, 6.07) is -0.103. The predicted molar refractivity (Wildman–Crippen MR) is 66.6 cm³/mol. The molecule has 0 radical (unpaired) electrons. The Balaban J connectivity index is 2.43. The van der Waals surface area contributed by atoms with Crippen LogP contribution in [-0.4, -0.2) is 26.8 Å². The van der Waals surface area contributed by atoms with Gasteiger partial charge in [-0.15, -0.1) is 0 Å². The van der Waals surface area contributed by atoms with E-state index in [1.807, 2.05) is 6.92 Å². The van der Waals surface area contributed by atoms with E-state index in [-0.39, 0.29) is 11.8 Å². The van der Waals surface area contributed by atoms with Crippen LogP contribution in [0, 0.1) is 5.92 Å². The molecule has 0 aromatic heterocycles. The summed E-state index contributed by atoms with van der Waals surface area (Å²) in [5.74, 6) is 0.630. The van der Waals surface area contributed by atoms with E-state index >= 15 is 0 Å². The first-order valence-electron chi connectivity index (χ1n) is 6.27. The van der Waals surface area contributed by atoms with E-state index in [0.717, 1.165) is 19.3 Å². The lowest BCUT2D eigenvalue weighted by Crippen LogP contribution is -2.42. The maximum atomic E-state index is 11.9. The maximum absolute atomic E-state index is 11.9. The van der Waals surface area contributed by atoms with E-state index in [4.69, 9.17) is 5.73 Å². The number of nitrogens with two attached hydrogens (primary N) is 1. The lowest BCUT2D eigenvalue weighted by atomic mass is 9.91. The molecule has 4 nitrogen and oxygen atoms in total. The third kappa shape index (κ3) is 4.80. The van der Waals surface area contributed by atoms with E-state index in [1.165, 1.54) is 19.3 Å². The van der Waals surface area contributed by atoms with Crippen molar-refractivity contribution in [3.05, 3.63) is 0 Å². The Kier molecular flexibility index (Phi) is 5.72. The molecule has 1 atom stereocenters. The van der Waals surface area contributed by atoms with Gasteiger partial charge in [0.15, 0.2) is 0 Å². The fraction of sp³-hybridized carbons (Fsp3) is 1.00. The molecule has 96 valence electrons. The third-order valence-corrected chi connectivity index (χ3v) is 4.91. The minimum atomic E-state index is -3.13. The predicted octanol–water partition coefficient (Wildman–Crippen LogP) is 1.22. The number of hydrogen-bond acceptors (Lipinski definition) is 3. The van der Waals surface area contributed by atoms with Crippen LogP contribution in [0.3, 0.4) is 0 Å². The van der Waals surface area contributed by atoms with E-state index < -0.39 is 10.0 Å². The molecular formula is C11H24N2O2S. The van der Waals surface area contributed by atoms with E-state index in [9.17, 15) is 8.42 Å². The molecule has 5 heteroatoms. The average molecular weight is 248 g/mol. The Morgan fingerprint density at radius 3 is 2.44 bits per heavy atom. The van der Waals surface area contributed by atoms with Crippen LogP contribution in [0.25, 0.3) is 0 Å². The van der Waals surface area contributed by atoms with Gasteiger partial charge in [-0.05, 0) is 25.2 Å². The molecule has 0 bridgehead atoms. The second-order valence-corrected chi connectivity index (χ2v) is 6.54. The highest BCUT2D eigenvalue weighted by Gasteiger charge is 2.22. The molecule has 0 spiro atoms. The lowest BCUT2D eigenvalue weighted by Gasteiger charge is -2.23. The lowest BCUT2D eigenvalue weighted by molar-refractivity contribution is 0.383. The van der Waals surface area contributed by atoms with Gasteiger partial charge in [-0.2, -0.15) is 0 Å². The van der Waals surface area contributed by atoms with Crippen molar-refractivity contribution in [2.75, 3.05) is 12.3 Å². The van der Waals surface area contributed by atoms with Crippen LogP contribution < -0.4 is 10.5 Å². The molecule has 1 fully saturated rings. The highest BCUT2D eigenvalue weighted by Crippen LogP contribution is 2.24. The highest BCUT2D eigenvalue weighted by molar-refractivity contribution is 7.89. The van der Waals surface area contributed by atoms with Gasteiger partial charge < -0.3 is 5.73 Å². The van der Waals surface area contributed by atoms with Crippen molar-refractivity contribution >= 4 is 10.0 Å². The molecular weight excluding hydrogens is 224 g/mol. The van der Waals surface area contributed by atoms with Crippen molar-refractivity contribution in [1.29, 1.82) is 0 Å². The first-order chi connectivity index (χ1) is 7.57. The summed E-state index contributed by atoms with van der Waals surface area (Å²) in [4.78, 5) is 0. The molecule has 1 aliphatic carbocycles. The van der Waals surface area contributed by atoms with Gasteiger partial charge in [0.05, 0.1) is 5.75 Å². The van der Waals surface area contributed by atoms with Gasteiger partial charge in [0.1, 0.15) is 0 Å². The van der Waals surface area contributed by atoms with Crippen LogP contribution in [0.15, 0.2) is 0 Å². The van der Waals surface area contributed by atoms with Gasteiger partial charge in [-0.1, -0.05) is 26.2 Å². The van der Waals surface area contributed by atoms with E-state index in [1.54, 1.807) is 0 Å². The molecule has 0 aromatic carbocycles. The van der Waals surface area contributed by atoms with Crippen LogP contribution in [0.5, 0.6) is 0 Å². The Labute approximate surface area is 99.0 Å². The molecule has 0 aliphatic heterocycles. The van der Waals surface area contributed by atoms with Gasteiger partial charge in [-0.3, -0.25) is 0 Å². The summed E-state index contributed by atoms with van der Waals surface area (Å²) in [5, 5.41) is 0. The summed E-state index contributed by atoms with van der Waals surface area (Å²) in [6.45, 7) is 2.32. The topological polar surface area (TPSA) is 72.2 Å². The third-order valence-electron chi connectivity index (χ3n) is 3.30. The molecule has 16 heavy (non-hydrogen) atoms. The van der Waals surface area contributed by atoms with E-state index in [0.29, 0.717) is 12.5 Å². The molecule has 0 heterocycles. The second-order valence-electron chi connectivity index (χ2n) is 4.74. The van der Waals surface area contributed by atoms with Crippen LogP contribution >= 0.6 is 0 Å². The van der Waals surface area contributed by atoms with Crippen LogP contribution in [0.2, 0.25) is 0 Å². The summed E-state index contributed by atoms with van der Waals surface area (Å²) in [6.07, 6.45) is 6.47. The molecule has 1 rings (SSSR count). The molecule has 1 aliphatic rings. The van der Waals surface area contributed by atoms with Crippen LogP contribution in [0.4, 0.5) is 0 Å². The Hall–Kier alpha value is -0.130. The SMILES string of the molecule is CCC(CN)NS(=O)(=O)CC1CCCCC1. The van der Waals surface area contributed by atoms with Gasteiger partial charge in [0, 0.05) is 12.6 Å². The zero-order valence-corrected chi connectivity index (χ0v) is 10.9. The molecule has 0 aromatic rings. The Morgan fingerprint density at radius 2 is 1.94 bits per heavy atom. The van der Waals surface area contributed by atoms with Gasteiger partial charge in [0.25, 0.3) is 0 Å². The normalized spacial score (nSPS) is 20.9. The largest absolute Gasteiger partial charge is 0.329 e. The van der Waals surface area contributed by atoms with Crippen molar-refractivity contribution in [2.45, 2.75) is 51.5 Å². The molecule has 0 saturated heterocycles. The summed E-state index contributed by atoms with van der Waals surface area (Å²) in [5.41, 5.74) is 5.50. The number of nitrogens with one attached hydrogen (secondary N) is 1. The first kappa shape index (κ1) is 13.9. The molecule has 1 unspecified atom stereocenters. The second kappa shape index (κ2) is 6.57. The minimum absolute atomic E-state index is 0.103. The Morgan fingerprint density at radius 1 is 1.31 bits per heavy atom. The maximum Gasteiger partial charge on any atom is 0.212 e. The number of hydrogen-bond donors (Lipinski definition) is 2. The van der Waals surface area contributed by atoms with E-state index in [2.05, 4.69) is 4.72 Å². The van der Waals surface area contributed by atoms with Crippen molar-refractivity contribution in [3.8, 4) is 0 Å². The smallest absolute Gasteiger partial charge is 0.212 e. The monoisotopic (exact) mass is 248 g/mol. The number of rotatable bonds is 6. The summed E-state index contributed by atoms with van der Waals surface area (Å²) < 4.78 is 26.4.